The van der Waals surface area contributed by atoms with Crippen molar-refractivity contribution in [2.75, 3.05) is 10.6 Å². The van der Waals surface area contributed by atoms with Crippen molar-refractivity contribution in [3.8, 4) is 6.07 Å². The number of anilines is 3. The summed E-state index contributed by atoms with van der Waals surface area (Å²) in [4.78, 5) is 20.5. The number of hydrogen-bond donors (Lipinski definition) is 2. The fourth-order valence-corrected chi connectivity index (χ4v) is 2.37. The van der Waals surface area contributed by atoms with Crippen molar-refractivity contribution in [3.63, 3.8) is 0 Å². The SMILES string of the molecule is Cc1ccc(NC(=O)c2cnc(Nc3cccc(C#N)c3)cn2)cc1Cl. The lowest BCUT2D eigenvalue weighted by Gasteiger charge is -2.08. The van der Waals surface area contributed by atoms with Crippen molar-refractivity contribution >= 4 is 34.7 Å². The van der Waals surface area contributed by atoms with Crippen LogP contribution < -0.4 is 10.6 Å². The van der Waals surface area contributed by atoms with Crippen LogP contribution in [0.25, 0.3) is 0 Å². The second kappa shape index (κ2) is 7.64. The number of hydrogen-bond acceptors (Lipinski definition) is 5. The van der Waals surface area contributed by atoms with Crippen LogP contribution in [0.5, 0.6) is 0 Å². The Morgan fingerprint density at radius 2 is 1.96 bits per heavy atom. The molecule has 0 fully saturated rings. The number of halogens is 1. The lowest BCUT2D eigenvalue weighted by atomic mass is 10.2. The number of nitrogens with one attached hydrogen (secondary N) is 2. The Kier molecular flexibility index (Phi) is 5.11. The van der Waals surface area contributed by atoms with Gasteiger partial charge in [-0.1, -0.05) is 23.7 Å². The van der Waals surface area contributed by atoms with Crippen LogP contribution in [0.2, 0.25) is 5.02 Å². The van der Waals surface area contributed by atoms with E-state index in [0.29, 0.717) is 27.8 Å². The number of aromatic nitrogens is 2. The summed E-state index contributed by atoms with van der Waals surface area (Å²) in [6.07, 6.45) is 2.83. The van der Waals surface area contributed by atoms with E-state index >= 15 is 0 Å². The Morgan fingerprint density at radius 3 is 2.65 bits per heavy atom. The molecule has 2 N–H and O–H groups in total. The Balaban J connectivity index is 1.69. The third kappa shape index (κ3) is 4.15. The van der Waals surface area contributed by atoms with Gasteiger partial charge in [-0.3, -0.25) is 4.79 Å². The Hall–Kier alpha value is -3.43. The predicted octanol–water partition coefficient (Wildman–Crippen LogP) is 4.31. The van der Waals surface area contributed by atoms with Gasteiger partial charge in [0.2, 0.25) is 0 Å². The zero-order valence-electron chi connectivity index (χ0n) is 13.8. The summed E-state index contributed by atoms with van der Waals surface area (Å²) >= 11 is 6.06. The average Bonchev–Trinajstić information content (AvgIpc) is 2.65. The van der Waals surface area contributed by atoms with Crippen LogP contribution in [-0.2, 0) is 0 Å². The third-order valence-corrected chi connectivity index (χ3v) is 3.99. The Bertz CT molecular complexity index is 996. The van der Waals surface area contributed by atoms with E-state index in [1.54, 1.807) is 30.3 Å². The first-order valence-electron chi connectivity index (χ1n) is 7.72. The highest BCUT2D eigenvalue weighted by atomic mass is 35.5. The van der Waals surface area contributed by atoms with Crippen LogP contribution in [0.1, 0.15) is 21.6 Å². The zero-order valence-corrected chi connectivity index (χ0v) is 14.6. The molecule has 7 heteroatoms. The van der Waals surface area contributed by atoms with Crippen molar-refractivity contribution in [1.29, 1.82) is 5.26 Å². The van der Waals surface area contributed by atoms with Gasteiger partial charge in [0.15, 0.2) is 0 Å². The quantitative estimate of drug-likeness (QED) is 0.720. The number of carbonyl (C=O) groups is 1. The second-order valence-electron chi connectivity index (χ2n) is 5.52. The van der Waals surface area contributed by atoms with Crippen molar-refractivity contribution in [1.82, 2.24) is 9.97 Å². The first-order chi connectivity index (χ1) is 12.5. The topological polar surface area (TPSA) is 90.7 Å². The lowest BCUT2D eigenvalue weighted by Crippen LogP contribution is -2.14. The van der Waals surface area contributed by atoms with Crippen molar-refractivity contribution < 1.29 is 4.79 Å². The Labute approximate surface area is 155 Å². The molecule has 6 nitrogen and oxygen atoms in total. The summed E-state index contributed by atoms with van der Waals surface area (Å²) in [7, 11) is 0. The average molecular weight is 364 g/mol. The summed E-state index contributed by atoms with van der Waals surface area (Å²) in [5, 5.41) is 15.3. The Morgan fingerprint density at radius 1 is 1.12 bits per heavy atom. The summed E-state index contributed by atoms with van der Waals surface area (Å²) in [5.74, 6) is 0.0884. The molecule has 0 saturated heterocycles. The molecule has 1 aromatic heterocycles. The van der Waals surface area contributed by atoms with Crippen LogP contribution >= 0.6 is 11.6 Å². The highest BCUT2D eigenvalue weighted by Crippen LogP contribution is 2.20. The number of benzene rings is 2. The van der Waals surface area contributed by atoms with Crippen LogP contribution in [0.15, 0.2) is 54.9 Å². The van der Waals surface area contributed by atoms with Gasteiger partial charge in [0.05, 0.1) is 24.0 Å². The van der Waals surface area contributed by atoms with E-state index in [4.69, 9.17) is 16.9 Å². The number of carbonyl (C=O) groups excluding carboxylic acids is 1. The van der Waals surface area contributed by atoms with E-state index in [-0.39, 0.29) is 11.6 Å². The van der Waals surface area contributed by atoms with Crippen molar-refractivity contribution in [3.05, 3.63) is 76.7 Å². The molecule has 1 heterocycles. The largest absolute Gasteiger partial charge is 0.339 e. The molecule has 128 valence electrons. The molecule has 0 unspecified atom stereocenters. The minimum Gasteiger partial charge on any atom is -0.339 e. The maximum atomic E-state index is 12.3. The van der Waals surface area contributed by atoms with E-state index in [9.17, 15) is 4.79 Å². The van der Waals surface area contributed by atoms with Crippen LogP contribution in [0.3, 0.4) is 0 Å². The molecule has 1 amide bonds. The van der Waals surface area contributed by atoms with Crippen molar-refractivity contribution in [2.45, 2.75) is 6.92 Å². The molecule has 0 atom stereocenters. The van der Waals surface area contributed by atoms with Crippen LogP contribution in [0, 0.1) is 18.3 Å². The molecule has 0 spiro atoms. The molecule has 0 aliphatic heterocycles. The lowest BCUT2D eigenvalue weighted by molar-refractivity contribution is 0.102. The molecule has 0 aliphatic carbocycles. The fourth-order valence-electron chi connectivity index (χ4n) is 2.19. The van der Waals surface area contributed by atoms with Gasteiger partial charge in [0.25, 0.3) is 5.91 Å². The molecule has 3 rings (SSSR count). The number of rotatable bonds is 4. The fraction of sp³-hybridized carbons (Fsp3) is 0.0526. The van der Waals surface area contributed by atoms with E-state index in [2.05, 4.69) is 26.7 Å². The molecular weight excluding hydrogens is 350 g/mol. The first-order valence-corrected chi connectivity index (χ1v) is 8.10. The van der Waals surface area contributed by atoms with Gasteiger partial charge in [0, 0.05) is 16.4 Å². The summed E-state index contributed by atoms with van der Waals surface area (Å²) in [6.45, 7) is 1.89. The number of nitrogens with zero attached hydrogens (tertiary/aromatic N) is 3. The van der Waals surface area contributed by atoms with Gasteiger partial charge < -0.3 is 10.6 Å². The minimum absolute atomic E-state index is 0.179. The number of nitriles is 1. The van der Waals surface area contributed by atoms with Gasteiger partial charge in [-0.15, -0.1) is 0 Å². The first kappa shape index (κ1) is 17.4. The number of amides is 1. The maximum Gasteiger partial charge on any atom is 0.275 e. The molecular formula is C19H14ClN5O. The summed E-state index contributed by atoms with van der Waals surface area (Å²) in [6, 6.07) is 14.3. The van der Waals surface area contributed by atoms with Gasteiger partial charge >= 0.3 is 0 Å². The van der Waals surface area contributed by atoms with Crippen LogP contribution in [-0.4, -0.2) is 15.9 Å². The monoisotopic (exact) mass is 363 g/mol. The molecule has 0 bridgehead atoms. The zero-order chi connectivity index (χ0) is 18.5. The van der Waals surface area contributed by atoms with Gasteiger partial charge in [0.1, 0.15) is 11.5 Å². The molecule has 2 aromatic carbocycles. The minimum atomic E-state index is -0.379. The molecule has 0 radical (unpaired) electrons. The van der Waals surface area contributed by atoms with E-state index in [1.807, 2.05) is 19.1 Å². The maximum absolute atomic E-state index is 12.3. The van der Waals surface area contributed by atoms with Gasteiger partial charge in [-0.25, -0.2) is 9.97 Å². The van der Waals surface area contributed by atoms with Gasteiger partial charge in [-0.2, -0.15) is 5.26 Å². The second-order valence-corrected chi connectivity index (χ2v) is 5.93. The number of aryl methyl sites for hydroxylation is 1. The smallest absolute Gasteiger partial charge is 0.275 e. The summed E-state index contributed by atoms with van der Waals surface area (Å²) in [5.41, 5.74) is 2.95. The normalized spacial score (nSPS) is 10.0. The van der Waals surface area contributed by atoms with Gasteiger partial charge in [-0.05, 0) is 42.8 Å². The van der Waals surface area contributed by atoms with Crippen molar-refractivity contribution in [2.24, 2.45) is 0 Å². The molecule has 0 aliphatic rings. The third-order valence-electron chi connectivity index (χ3n) is 3.58. The molecule has 0 saturated carbocycles. The molecule has 26 heavy (non-hydrogen) atoms. The van der Waals surface area contributed by atoms with E-state index in [1.165, 1.54) is 12.4 Å². The molecule has 3 aromatic rings. The standard InChI is InChI=1S/C19H14ClN5O/c1-12-5-6-15(8-16(12)20)25-19(26)17-10-23-18(11-22-17)24-14-4-2-3-13(7-14)9-21/h2-8,10-11H,1H3,(H,23,24)(H,25,26). The predicted molar refractivity (Wildman–Crippen MR) is 101 cm³/mol. The highest BCUT2D eigenvalue weighted by molar-refractivity contribution is 6.31. The van der Waals surface area contributed by atoms with E-state index < -0.39 is 0 Å². The van der Waals surface area contributed by atoms with Crippen LogP contribution in [0.4, 0.5) is 17.2 Å². The summed E-state index contributed by atoms with van der Waals surface area (Å²) < 4.78 is 0. The van der Waals surface area contributed by atoms with E-state index in [0.717, 1.165) is 5.56 Å². The highest BCUT2D eigenvalue weighted by Gasteiger charge is 2.09.